The second-order valence-corrected chi connectivity index (χ2v) is 3.82. The van der Waals surface area contributed by atoms with Crippen LogP contribution in [0.3, 0.4) is 0 Å². The molecule has 1 aromatic carbocycles. The van der Waals surface area contributed by atoms with E-state index in [1.807, 2.05) is 0 Å². The molecule has 98 valence electrons. The quantitative estimate of drug-likeness (QED) is 0.426. The smallest absolute Gasteiger partial charge is 0.282 e. The van der Waals surface area contributed by atoms with Crippen LogP contribution in [0.4, 0.5) is 11.4 Å². The normalized spacial score (nSPS) is 10.1. The first kappa shape index (κ1) is 12.6. The van der Waals surface area contributed by atoms with Gasteiger partial charge in [0.15, 0.2) is 0 Å². The minimum Gasteiger partial charge on any atom is -0.399 e. The van der Waals surface area contributed by atoms with E-state index < -0.39 is 10.8 Å². The van der Waals surface area contributed by atoms with Crippen molar-refractivity contribution in [2.75, 3.05) is 5.73 Å². The zero-order valence-electron chi connectivity index (χ0n) is 9.79. The van der Waals surface area contributed by atoms with Gasteiger partial charge >= 0.3 is 0 Å². The summed E-state index contributed by atoms with van der Waals surface area (Å²) in [5.41, 5.74) is 6.25. The van der Waals surface area contributed by atoms with Gasteiger partial charge in [-0.15, -0.1) is 0 Å². The van der Waals surface area contributed by atoms with E-state index in [2.05, 4.69) is 15.5 Å². The molecule has 0 aliphatic carbocycles. The van der Waals surface area contributed by atoms with Crippen LogP contribution in [0.2, 0.25) is 0 Å². The molecule has 0 radical (unpaired) electrons. The fourth-order valence-electron chi connectivity index (χ4n) is 1.55. The van der Waals surface area contributed by atoms with Crippen molar-refractivity contribution in [3.63, 3.8) is 0 Å². The molecule has 0 aliphatic heterocycles. The molecule has 1 aromatic heterocycles. The van der Waals surface area contributed by atoms with E-state index in [4.69, 9.17) is 5.73 Å². The first-order valence-corrected chi connectivity index (χ1v) is 5.37. The van der Waals surface area contributed by atoms with Crippen LogP contribution in [0.15, 0.2) is 30.6 Å². The maximum Gasteiger partial charge on any atom is 0.282 e. The summed E-state index contributed by atoms with van der Waals surface area (Å²) < 4.78 is 0. The van der Waals surface area contributed by atoms with Gasteiger partial charge in [-0.3, -0.25) is 20.0 Å². The third-order valence-corrected chi connectivity index (χ3v) is 2.47. The van der Waals surface area contributed by atoms with E-state index >= 15 is 0 Å². The van der Waals surface area contributed by atoms with Gasteiger partial charge in [-0.2, -0.15) is 5.10 Å². The number of nitrogens with zero attached hydrogens (tertiary/aromatic N) is 2. The summed E-state index contributed by atoms with van der Waals surface area (Å²) in [4.78, 5) is 22.1. The highest BCUT2D eigenvalue weighted by atomic mass is 16.6. The number of hydrogen-bond acceptors (Lipinski definition) is 5. The van der Waals surface area contributed by atoms with Crippen LogP contribution < -0.4 is 11.1 Å². The van der Waals surface area contributed by atoms with Crippen molar-refractivity contribution in [3.05, 3.63) is 51.8 Å². The second kappa shape index (κ2) is 5.17. The van der Waals surface area contributed by atoms with Gasteiger partial charge in [0.05, 0.1) is 11.1 Å². The monoisotopic (exact) mass is 261 g/mol. The molecule has 1 amide bonds. The summed E-state index contributed by atoms with van der Waals surface area (Å²) in [6.45, 7) is 0.223. The third kappa shape index (κ3) is 2.86. The topological polar surface area (TPSA) is 127 Å². The largest absolute Gasteiger partial charge is 0.399 e. The molecule has 0 saturated carbocycles. The standard InChI is InChI=1S/C11H11N5O3/c12-8-1-2-10(16(18)19)9(3-8)11(17)13-4-7-5-14-15-6-7/h1-3,5-6H,4,12H2,(H,13,17)(H,14,15). The van der Waals surface area contributed by atoms with Gasteiger partial charge in [-0.25, -0.2) is 0 Å². The zero-order chi connectivity index (χ0) is 13.8. The number of nitrogens with two attached hydrogens (primary N) is 1. The number of nitro benzene ring substituents is 1. The molecular formula is C11H11N5O3. The summed E-state index contributed by atoms with van der Waals surface area (Å²) in [5.74, 6) is -0.555. The number of carbonyl (C=O) groups excluding carboxylic acids is 1. The Labute approximate surface area is 107 Å². The molecule has 0 fully saturated rings. The molecule has 4 N–H and O–H groups in total. The average Bonchev–Trinajstić information content (AvgIpc) is 2.88. The van der Waals surface area contributed by atoms with Crippen molar-refractivity contribution in [1.82, 2.24) is 15.5 Å². The highest BCUT2D eigenvalue weighted by Gasteiger charge is 2.20. The van der Waals surface area contributed by atoms with E-state index in [0.29, 0.717) is 5.69 Å². The van der Waals surface area contributed by atoms with Crippen molar-refractivity contribution in [2.24, 2.45) is 0 Å². The lowest BCUT2D eigenvalue weighted by molar-refractivity contribution is -0.385. The molecule has 0 atom stereocenters. The van der Waals surface area contributed by atoms with Crippen molar-refractivity contribution in [3.8, 4) is 0 Å². The summed E-state index contributed by atoms with van der Waals surface area (Å²) in [6, 6.07) is 3.87. The highest BCUT2D eigenvalue weighted by Crippen LogP contribution is 2.21. The SMILES string of the molecule is Nc1ccc([N+](=O)[O-])c(C(=O)NCc2cn[nH]c2)c1. The van der Waals surface area contributed by atoms with E-state index in [-0.39, 0.29) is 17.8 Å². The summed E-state index contributed by atoms with van der Waals surface area (Å²) >= 11 is 0. The highest BCUT2D eigenvalue weighted by molar-refractivity contribution is 5.98. The van der Waals surface area contributed by atoms with Gasteiger partial charge in [-0.05, 0) is 12.1 Å². The number of aromatic amines is 1. The van der Waals surface area contributed by atoms with Crippen molar-refractivity contribution in [2.45, 2.75) is 6.54 Å². The third-order valence-electron chi connectivity index (χ3n) is 2.47. The molecule has 19 heavy (non-hydrogen) atoms. The van der Waals surface area contributed by atoms with Gasteiger partial charge in [0, 0.05) is 30.1 Å². The number of rotatable bonds is 4. The van der Waals surface area contributed by atoms with Crippen LogP contribution in [0.25, 0.3) is 0 Å². The number of anilines is 1. The molecule has 1 heterocycles. The van der Waals surface area contributed by atoms with Crippen LogP contribution in [-0.2, 0) is 6.54 Å². The van der Waals surface area contributed by atoms with Crippen LogP contribution in [0, 0.1) is 10.1 Å². The molecule has 0 unspecified atom stereocenters. The summed E-state index contributed by atoms with van der Waals surface area (Å²) in [6.07, 6.45) is 3.17. The molecular weight excluding hydrogens is 250 g/mol. The van der Waals surface area contributed by atoms with Gasteiger partial charge in [-0.1, -0.05) is 0 Å². The zero-order valence-corrected chi connectivity index (χ0v) is 9.79. The number of aromatic nitrogens is 2. The van der Waals surface area contributed by atoms with Crippen LogP contribution >= 0.6 is 0 Å². The predicted molar refractivity (Wildman–Crippen MR) is 67.3 cm³/mol. The fraction of sp³-hybridized carbons (Fsp3) is 0.0909. The van der Waals surface area contributed by atoms with E-state index in [9.17, 15) is 14.9 Å². The van der Waals surface area contributed by atoms with Gasteiger partial charge < -0.3 is 11.1 Å². The first-order valence-electron chi connectivity index (χ1n) is 5.37. The Balaban J connectivity index is 2.18. The second-order valence-electron chi connectivity index (χ2n) is 3.82. The van der Waals surface area contributed by atoms with Gasteiger partial charge in [0.2, 0.25) is 0 Å². The maximum atomic E-state index is 11.9. The van der Waals surface area contributed by atoms with Crippen LogP contribution in [0.1, 0.15) is 15.9 Å². The molecule has 8 nitrogen and oxygen atoms in total. The maximum absolute atomic E-state index is 11.9. The molecule has 0 saturated heterocycles. The predicted octanol–water partition coefficient (Wildman–Crippen LogP) is 0.830. The van der Waals surface area contributed by atoms with Crippen molar-refractivity contribution in [1.29, 1.82) is 0 Å². The minimum absolute atomic E-state index is 0.0616. The Morgan fingerprint density at radius 2 is 2.32 bits per heavy atom. The van der Waals surface area contributed by atoms with Crippen LogP contribution in [-0.4, -0.2) is 21.0 Å². The Bertz CT molecular complexity index is 609. The number of carbonyl (C=O) groups is 1. The minimum atomic E-state index is -0.619. The number of amides is 1. The van der Waals surface area contributed by atoms with Crippen LogP contribution in [0.5, 0.6) is 0 Å². The molecule has 8 heteroatoms. The Hall–Kier alpha value is -2.90. The summed E-state index contributed by atoms with van der Waals surface area (Å²) in [5, 5.41) is 19.7. The molecule has 0 aliphatic rings. The fourth-order valence-corrected chi connectivity index (χ4v) is 1.55. The molecule has 0 bridgehead atoms. The van der Waals surface area contributed by atoms with E-state index in [1.165, 1.54) is 18.2 Å². The lowest BCUT2D eigenvalue weighted by Crippen LogP contribution is -2.23. The van der Waals surface area contributed by atoms with E-state index in [0.717, 1.165) is 5.56 Å². The number of nitrogens with one attached hydrogen (secondary N) is 2. The Kier molecular flexibility index (Phi) is 3.42. The molecule has 0 spiro atoms. The van der Waals surface area contributed by atoms with E-state index in [1.54, 1.807) is 12.4 Å². The van der Waals surface area contributed by atoms with Crippen molar-refractivity contribution >= 4 is 17.3 Å². The van der Waals surface area contributed by atoms with Gasteiger partial charge in [0.25, 0.3) is 11.6 Å². The number of nitro groups is 1. The number of H-pyrrole nitrogens is 1. The average molecular weight is 261 g/mol. The number of nitrogen functional groups attached to an aromatic ring is 1. The lowest BCUT2D eigenvalue weighted by Gasteiger charge is -2.05. The lowest BCUT2D eigenvalue weighted by atomic mass is 10.1. The van der Waals surface area contributed by atoms with Crippen molar-refractivity contribution < 1.29 is 9.72 Å². The molecule has 2 aromatic rings. The number of benzene rings is 1. The first-order chi connectivity index (χ1) is 9.08. The Morgan fingerprint density at radius 1 is 1.53 bits per heavy atom. The Morgan fingerprint density at radius 3 is 2.95 bits per heavy atom. The van der Waals surface area contributed by atoms with Gasteiger partial charge in [0.1, 0.15) is 5.56 Å². The molecule has 2 rings (SSSR count). The summed E-state index contributed by atoms with van der Waals surface area (Å²) in [7, 11) is 0. The number of hydrogen-bond donors (Lipinski definition) is 3.